The van der Waals surface area contributed by atoms with E-state index in [1.807, 2.05) is 24.0 Å². The van der Waals surface area contributed by atoms with Crippen LogP contribution in [-0.4, -0.2) is 20.9 Å². The lowest BCUT2D eigenvalue weighted by molar-refractivity contribution is 0.516. The number of nitrogens with one attached hydrogen (secondary N) is 1. The van der Waals surface area contributed by atoms with Crippen molar-refractivity contribution >= 4 is 17.4 Å². The molecule has 1 atom stereocenters. The Balaban J connectivity index is 1.85. The van der Waals surface area contributed by atoms with Crippen LogP contribution >= 0.6 is 11.8 Å². The number of thioether (sulfide) groups is 1. The van der Waals surface area contributed by atoms with E-state index >= 15 is 0 Å². The number of pyridine rings is 1. The van der Waals surface area contributed by atoms with Crippen LogP contribution in [-0.2, 0) is 6.42 Å². The molecule has 2 aromatic heterocycles. The Labute approximate surface area is 104 Å². The van der Waals surface area contributed by atoms with Gasteiger partial charge in [0.25, 0.3) is 5.56 Å². The second-order valence-electron chi connectivity index (χ2n) is 4.69. The van der Waals surface area contributed by atoms with Gasteiger partial charge >= 0.3 is 0 Å². The molecular formula is C13H16N2OS. The van der Waals surface area contributed by atoms with Crippen molar-refractivity contribution in [2.45, 2.75) is 19.3 Å². The lowest BCUT2D eigenvalue weighted by atomic mass is 10.00. The fourth-order valence-corrected chi connectivity index (χ4v) is 3.63. The van der Waals surface area contributed by atoms with Crippen LogP contribution in [0.15, 0.2) is 29.2 Å². The summed E-state index contributed by atoms with van der Waals surface area (Å²) in [7, 11) is 0. The zero-order chi connectivity index (χ0) is 11.7. The first-order valence-corrected chi connectivity index (χ1v) is 7.25. The summed E-state index contributed by atoms with van der Waals surface area (Å²) in [5.74, 6) is 3.32. The number of rotatable bonds is 2. The molecule has 1 aliphatic rings. The minimum Gasteiger partial charge on any atom is -0.343 e. The second-order valence-corrected chi connectivity index (χ2v) is 5.84. The van der Waals surface area contributed by atoms with Crippen LogP contribution in [0.4, 0.5) is 0 Å². The molecule has 1 saturated heterocycles. The van der Waals surface area contributed by atoms with Crippen LogP contribution in [0, 0.1) is 5.92 Å². The van der Waals surface area contributed by atoms with E-state index in [1.165, 1.54) is 30.0 Å². The van der Waals surface area contributed by atoms with Crippen LogP contribution in [0.3, 0.4) is 0 Å². The summed E-state index contributed by atoms with van der Waals surface area (Å²) in [6.45, 7) is 0. The lowest BCUT2D eigenvalue weighted by Gasteiger charge is -2.20. The van der Waals surface area contributed by atoms with Gasteiger partial charge in [-0.1, -0.05) is 6.07 Å². The summed E-state index contributed by atoms with van der Waals surface area (Å²) in [6.07, 6.45) is 5.66. The molecule has 3 rings (SSSR count). The summed E-state index contributed by atoms with van der Waals surface area (Å²) >= 11 is 2.05. The molecule has 0 aliphatic carbocycles. The van der Waals surface area contributed by atoms with Gasteiger partial charge < -0.3 is 4.98 Å². The molecular weight excluding hydrogens is 232 g/mol. The summed E-state index contributed by atoms with van der Waals surface area (Å²) in [5.41, 5.74) is 2.12. The molecule has 0 radical (unpaired) electrons. The number of hydrogen-bond donors (Lipinski definition) is 1. The van der Waals surface area contributed by atoms with Gasteiger partial charge in [-0.05, 0) is 42.8 Å². The molecule has 4 heteroatoms. The zero-order valence-electron chi connectivity index (χ0n) is 9.69. The Bertz CT molecular complexity index is 566. The first kappa shape index (κ1) is 11.0. The van der Waals surface area contributed by atoms with Crippen LogP contribution < -0.4 is 5.56 Å². The van der Waals surface area contributed by atoms with Crippen molar-refractivity contribution in [1.29, 1.82) is 0 Å². The summed E-state index contributed by atoms with van der Waals surface area (Å²) < 4.78 is 1.70. The Kier molecular flexibility index (Phi) is 2.97. The van der Waals surface area contributed by atoms with Gasteiger partial charge in [-0.2, -0.15) is 11.8 Å². The van der Waals surface area contributed by atoms with E-state index in [-0.39, 0.29) is 5.56 Å². The molecule has 17 heavy (non-hydrogen) atoms. The van der Waals surface area contributed by atoms with Gasteiger partial charge in [-0.3, -0.25) is 9.20 Å². The van der Waals surface area contributed by atoms with Crippen LogP contribution in [0.25, 0.3) is 5.65 Å². The molecule has 0 bridgehead atoms. The molecule has 1 fully saturated rings. The molecule has 90 valence electrons. The van der Waals surface area contributed by atoms with Gasteiger partial charge in [-0.25, -0.2) is 0 Å². The first-order valence-electron chi connectivity index (χ1n) is 6.10. The number of aromatic nitrogens is 2. The third-order valence-corrected chi connectivity index (χ3v) is 4.61. The number of H-pyrrole nitrogens is 1. The van der Waals surface area contributed by atoms with Crippen LogP contribution in [0.1, 0.15) is 18.5 Å². The van der Waals surface area contributed by atoms with Crippen molar-refractivity contribution in [1.82, 2.24) is 9.38 Å². The number of hydrogen-bond acceptors (Lipinski definition) is 2. The SMILES string of the molecule is O=c1cccc2[nH]c(CC3CCCSC3)cn12. The first-order chi connectivity index (χ1) is 8.33. The van der Waals surface area contributed by atoms with Gasteiger partial charge in [0.15, 0.2) is 0 Å². The van der Waals surface area contributed by atoms with Gasteiger partial charge in [0.1, 0.15) is 5.65 Å². The maximum absolute atomic E-state index is 11.6. The Hall–Kier alpha value is -1.16. The monoisotopic (exact) mass is 248 g/mol. The van der Waals surface area contributed by atoms with Crippen LogP contribution in [0.5, 0.6) is 0 Å². The van der Waals surface area contributed by atoms with E-state index in [2.05, 4.69) is 4.98 Å². The van der Waals surface area contributed by atoms with Crippen LogP contribution in [0.2, 0.25) is 0 Å². The Morgan fingerprint density at radius 1 is 1.47 bits per heavy atom. The average molecular weight is 248 g/mol. The van der Waals surface area contributed by atoms with Crippen molar-refractivity contribution in [2.75, 3.05) is 11.5 Å². The van der Waals surface area contributed by atoms with E-state index in [9.17, 15) is 4.79 Å². The molecule has 0 saturated carbocycles. The van der Waals surface area contributed by atoms with Gasteiger partial charge in [0.2, 0.25) is 0 Å². The fraction of sp³-hybridized carbons (Fsp3) is 0.462. The topological polar surface area (TPSA) is 37.3 Å². The molecule has 1 N–H and O–H groups in total. The fourth-order valence-electron chi connectivity index (χ4n) is 2.47. The minimum absolute atomic E-state index is 0.0445. The molecule has 2 aromatic rings. The largest absolute Gasteiger partial charge is 0.343 e. The molecule has 3 nitrogen and oxygen atoms in total. The molecule has 0 amide bonds. The average Bonchev–Trinajstić information content (AvgIpc) is 2.74. The molecule has 1 unspecified atom stereocenters. The molecule has 0 spiro atoms. The number of imidazole rings is 1. The lowest BCUT2D eigenvalue weighted by Crippen LogP contribution is -2.13. The van der Waals surface area contributed by atoms with E-state index in [1.54, 1.807) is 16.5 Å². The standard InChI is InChI=1S/C13H16N2OS/c16-13-5-1-4-12-14-11(8-15(12)13)7-10-3-2-6-17-9-10/h1,4-5,8,10,14H,2-3,6-7,9H2. The van der Waals surface area contributed by atoms with Gasteiger partial charge in [-0.15, -0.1) is 0 Å². The van der Waals surface area contributed by atoms with E-state index in [0.717, 1.165) is 18.0 Å². The molecule has 1 aliphatic heterocycles. The van der Waals surface area contributed by atoms with E-state index in [4.69, 9.17) is 0 Å². The zero-order valence-corrected chi connectivity index (χ0v) is 10.5. The summed E-state index contributed by atoms with van der Waals surface area (Å²) in [4.78, 5) is 15.0. The third-order valence-electron chi connectivity index (χ3n) is 3.33. The van der Waals surface area contributed by atoms with Gasteiger partial charge in [0, 0.05) is 18.0 Å². The Morgan fingerprint density at radius 2 is 2.41 bits per heavy atom. The van der Waals surface area contributed by atoms with Crippen molar-refractivity contribution < 1.29 is 0 Å². The number of fused-ring (bicyclic) bond motifs is 1. The maximum atomic E-state index is 11.6. The normalized spacial score (nSPS) is 20.8. The van der Waals surface area contributed by atoms with Crippen molar-refractivity contribution in [2.24, 2.45) is 5.92 Å². The maximum Gasteiger partial charge on any atom is 0.256 e. The predicted octanol–water partition coefficient (Wildman–Crippen LogP) is 2.31. The van der Waals surface area contributed by atoms with Crippen molar-refractivity contribution in [3.63, 3.8) is 0 Å². The summed E-state index contributed by atoms with van der Waals surface area (Å²) in [6, 6.07) is 5.34. The summed E-state index contributed by atoms with van der Waals surface area (Å²) in [5, 5.41) is 0. The van der Waals surface area contributed by atoms with Crippen molar-refractivity contribution in [3.8, 4) is 0 Å². The van der Waals surface area contributed by atoms with E-state index in [0.29, 0.717) is 0 Å². The van der Waals surface area contributed by atoms with Crippen molar-refractivity contribution in [3.05, 3.63) is 40.4 Å². The highest BCUT2D eigenvalue weighted by atomic mass is 32.2. The number of aromatic amines is 1. The third kappa shape index (κ3) is 2.27. The predicted molar refractivity (Wildman–Crippen MR) is 71.8 cm³/mol. The van der Waals surface area contributed by atoms with E-state index < -0.39 is 0 Å². The molecule has 3 heterocycles. The Morgan fingerprint density at radius 3 is 3.18 bits per heavy atom. The highest BCUT2D eigenvalue weighted by Crippen LogP contribution is 2.25. The molecule has 0 aromatic carbocycles. The smallest absolute Gasteiger partial charge is 0.256 e. The minimum atomic E-state index is 0.0445. The highest BCUT2D eigenvalue weighted by Gasteiger charge is 2.15. The van der Waals surface area contributed by atoms with Gasteiger partial charge in [0.05, 0.1) is 0 Å². The second kappa shape index (κ2) is 4.61. The number of nitrogens with zero attached hydrogens (tertiary/aromatic N) is 1. The quantitative estimate of drug-likeness (QED) is 0.885. The highest BCUT2D eigenvalue weighted by molar-refractivity contribution is 7.99.